The first-order valence-corrected chi connectivity index (χ1v) is 6.86. The predicted molar refractivity (Wildman–Crippen MR) is 77.7 cm³/mol. The standard InChI is InChI=1S/C13H18ClNO2S/c1-3-10-5-4-6-11(8-10)17-13(16)15-12(18)7-9(2)14/h4-6,8-9,12,18H,3,7H2,1-2H3,(H,15,16). The largest absolute Gasteiger partial charge is 0.413 e. The van der Waals surface area contributed by atoms with Crippen LogP contribution in [-0.2, 0) is 6.42 Å². The van der Waals surface area contributed by atoms with Gasteiger partial charge >= 0.3 is 6.09 Å². The molecule has 5 heteroatoms. The van der Waals surface area contributed by atoms with Crippen LogP contribution < -0.4 is 10.1 Å². The van der Waals surface area contributed by atoms with Crippen LogP contribution in [0.15, 0.2) is 24.3 Å². The van der Waals surface area contributed by atoms with Gasteiger partial charge in [0.2, 0.25) is 0 Å². The van der Waals surface area contributed by atoms with Gasteiger partial charge in [-0.3, -0.25) is 0 Å². The van der Waals surface area contributed by atoms with E-state index < -0.39 is 6.09 Å². The number of benzene rings is 1. The molecule has 0 aliphatic heterocycles. The summed E-state index contributed by atoms with van der Waals surface area (Å²) < 4.78 is 5.17. The van der Waals surface area contributed by atoms with Crippen molar-refractivity contribution in [1.29, 1.82) is 0 Å². The highest BCUT2D eigenvalue weighted by atomic mass is 35.5. The van der Waals surface area contributed by atoms with Gasteiger partial charge in [-0.25, -0.2) is 4.79 Å². The van der Waals surface area contributed by atoms with Crippen LogP contribution in [0, 0.1) is 0 Å². The molecule has 2 unspecified atom stereocenters. The van der Waals surface area contributed by atoms with Crippen molar-refractivity contribution < 1.29 is 9.53 Å². The summed E-state index contributed by atoms with van der Waals surface area (Å²) in [6.07, 6.45) is 0.965. The van der Waals surface area contributed by atoms with Crippen molar-refractivity contribution in [3.8, 4) is 5.75 Å². The minimum Gasteiger partial charge on any atom is -0.410 e. The summed E-state index contributed by atoms with van der Waals surface area (Å²) in [7, 11) is 0. The van der Waals surface area contributed by atoms with E-state index in [1.165, 1.54) is 0 Å². The van der Waals surface area contributed by atoms with Gasteiger partial charge in [0.25, 0.3) is 0 Å². The maximum Gasteiger partial charge on any atom is 0.413 e. The zero-order valence-electron chi connectivity index (χ0n) is 10.5. The van der Waals surface area contributed by atoms with Gasteiger partial charge in [-0.2, -0.15) is 12.6 Å². The van der Waals surface area contributed by atoms with Gasteiger partial charge in [0.15, 0.2) is 0 Å². The molecule has 0 saturated heterocycles. The molecule has 0 bridgehead atoms. The molecule has 2 atom stereocenters. The van der Waals surface area contributed by atoms with E-state index in [2.05, 4.69) is 17.9 Å². The number of thiol groups is 1. The summed E-state index contributed by atoms with van der Waals surface area (Å²) in [5.41, 5.74) is 1.12. The summed E-state index contributed by atoms with van der Waals surface area (Å²) in [5, 5.41) is 2.26. The molecule has 0 heterocycles. The fourth-order valence-corrected chi connectivity index (χ4v) is 2.19. The topological polar surface area (TPSA) is 38.3 Å². The van der Waals surface area contributed by atoms with Crippen molar-refractivity contribution in [3.63, 3.8) is 0 Å². The second-order valence-electron chi connectivity index (χ2n) is 4.07. The average molecular weight is 288 g/mol. The number of ether oxygens (including phenoxy) is 1. The number of hydrogen-bond acceptors (Lipinski definition) is 3. The summed E-state index contributed by atoms with van der Waals surface area (Å²) in [6.45, 7) is 3.90. The van der Waals surface area contributed by atoms with Gasteiger partial charge in [-0.1, -0.05) is 19.1 Å². The monoisotopic (exact) mass is 287 g/mol. The predicted octanol–water partition coefficient (Wildman–Crippen LogP) is 3.61. The Bertz CT molecular complexity index is 398. The normalized spacial score (nSPS) is 13.8. The van der Waals surface area contributed by atoms with E-state index >= 15 is 0 Å². The molecule has 0 spiro atoms. The molecular formula is C13H18ClNO2S. The van der Waals surface area contributed by atoms with Crippen LogP contribution in [0.1, 0.15) is 25.8 Å². The molecule has 3 nitrogen and oxygen atoms in total. The lowest BCUT2D eigenvalue weighted by molar-refractivity contribution is 0.199. The first-order valence-electron chi connectivity index (χ1n) is 5.90. The molecule has 0 radical (unpaired) electrons. The number of carbonyl (C=O) groups excluding carboxylic acids is 1. The third-order valence-corrected chi connectivity index (χ3v) is 2.87. The van der Waals surface area contributed by atoms with Crippen LogP contribution in [0.2, 0.25) is 0 Å². The van der Waals surface area contributed by atoms with Crippen molar-refractivity contribution in [1.82, 2.24) is 5.32 Å². The van der Waals surface area contributed by atoms with Crippen molar-refractivity contribution in [2.45, 2.75) is 37.4 Å². The minimum absolute atomic E-state index is 0.0452. The molecule has 1 N–H and O–H groups in total. The van der Waals surface area contributed by atoms with Gasteiger partial charge in [0.05, 0.1) is 5.37 Å². The van der Waals surface area contributed by atoms with Gasteiger partial charge in [0.1, 0.15) is 5.75 Å². The first-order chi connectivity index (χ1) is 8.51. The fourth-order valence-electron chi connectivity index (χ4n) is 1.47. The molecule has 1 rings (SSSR count). The lowest BCUT2D eigenvalue weighted by atomic mass is 10.2. The van der Waals surface area contributed by atoms with Gasteiger partial charge in [-0.05, 0) is 37.5 Å². The van der Waals surface area contributed by atoms with E-state index in [0.29, 0.717) is 12.2 Å². The fraction of sp³-hybridized carbons (Fsp3) is 0.462. The summed E-state index contributed by atoms with van der Waals surface area (Å²) in [5.74, 6) is 0.534. The Labute approximate surface area is 118 Å². The number of halogens is 1. The highest BCUT2D eigenvalue weighted by molar-refractivity contribution is 7.80. The Morgan fingerprint density at radius 1 is 1.56 bits per heavy atom. The minimum atomic E-state index is -0.513. The molecule has 1 aromatic rings. The molecule has 18 heavy (non-hydrogen) atoms. The lowest BCUT2D eigenvalue weighted by Crippen LogP contribution is -2.34. The first kappa shape index (κ1) is 15.2. The molecule has 0 fully saturated rings. The van der Waals surface area contributed by atoms with Crippen molar-refractivity contribution in [2.75, 3.05) is 0 Å². The SMILES string of the molecule is CCc1cccc(OC(=O)NC(S)CC(C)Cl)c1. The molecule has 0 aliphatic carbocycles. The molecule has 1 aromatic carbocycles. The average Bonchev–Trinajstić information content (AvgIpc) is 2.27. The number of alkyl halides is 1. The van der Waals surface area contributed by atoms with Crippen LogP contribution >= 0.6 is 24.2 Å². The third-order valence-electron chi connectivity index (χ3n) is 2.35. The second-order valence-corrected chi connectivity index (χ2v) is 5.44. The van der Waals surface area contributed by atoms with E-state index in [1.54, 1.807) is 6.07 Å². The summed E-state index contributed by atoms with van der Waals surface area (Å²) in [6, 6.07) is 7.44. The molecule has 1 amide bonds. The molecular weight excluding hydrogens is 270 g/mol. The zero-order valence-corrected chi connectivity index (χ0v) is 12.2. The number of amides is 1. The number of hydrogen-bond donors (Lipinski definition) is 2. The van der Waals surface area contributed by atoms with Crippen LogP contribution in [0.25, 0.3) is 0 Å². The number of nitrogens with one attached hydrogen (secondary N) is 1. The Kier molecular flexibility index (Phi) is 6.36. The van der Waals surface area contributed by atoms with E-state index in [0.717, 1.165) is 12.0 Å². The van der Waals surface area contributed by atoms with E-state index in [4.69, 9.17) is 16.3 Å². The lowest BCUT2D eigenvalue weighted by Gasteiger charge is -2.14. The van der Waals surface area contributed by atoms with Crippen LogP contribution in [-0.4, -0.2) is 16.8 Å². The van der Waals surface area contributed by atoms with E-state index in [9.17, 15) is 4.79 Å². The Morgan fingerprint density at radius 2 is 2.28 bits per heavy atom. The van der Waals surface area contributed by atoms with Crippen LogP contribution in [0.3, 0.4) is 0 Å². The number of rotatable bonds is 5. The van der Waals surface area contributed by atoms with Crippen molar-refractivity contribution >= 4 is 30.3 Å². The van der Waals surface area contributed by atoms with Crippen molar-refractivity contribution in [3.05, 3.63) is 29.8 Å². The van der Waals surface area contributed by atoms with Crippen LogP contribution in [0.5, 0.6) is 5.75 Å². The molecule has 0 aliphatic rings. The van der Waals surface area contributed by atoms with Gasteiger partial charge < -0.3 is 10.1 Å². The summed E-state index contributed by atoms with van der Waals surface area (Å²) >= 11 is 10.0. The maximum absolute atomic E-state index is 11.6. The zero-order chi connectivity index (χ0) is 13.5. The maximum atomic E-state index is 11.6. The Balaban J connectivity index is 2.48. The Morgan fingerprint density at radius 3 is 2.89 bits per heavy atom. The Hall–Kier alpha value is -0.870. The second kappa shape index (κ2) is 7.54. The number of aryl methyl sites for hydroxylation is 1. The van der Waals surface area contributed by atoms with Gasteiger partial charge in [0, 0.05) is 5.38 Å². The number of carbonyl (C=O) groups is 1. The molecule has 0 aromatic heterocycles. The quantitative estimate of drug-likeness (QED) is 0.493. The van der Waals surface area contributed by atoms with E-state index in [1.807, 2.05) is 32.0 Å². The van der Waals surface area contributed by atoms with Crippen LogP contribution in [0.4, 0.5) is 4.79 Å². The van der Waals surface area contributed by atoms with Gasteiger partial charge in [-0.15, -0.1) is 11.6 Å². The summed E-state index contributed by atoms with van der Waals surface area (Å²) in [4.78, 5) is 11.6. The van der Waals surface area contributed by atoms with E-state index in [-0.39, 0.29) is 10.8 Å². The highest BCUT2D eigenvalue weighted by Crippen LogP contribution is 2.14. The third kappa shape index (κ3) is 5.65. The molecule has 0 saturated carbocycles. The highest BCUT2D eigenvalue weighted by Gasteiger charge is 2.12. The molecule has 100 valence electrons. The smallest absolute Gasteiger partial charge is 0.410 e. The van der Waals surface area contributed by atoms with Crippen molar-refractivity contribution in [2.24, 2.45) is 0 Å².